The zero-order valence-electron chi connectivity index (χ0n) is 13.2. The summed E-state index contributed by atoms with van der Waals surface area (Å²) in [7, 11) is -8.28. The molecule has 0 saturated heterocycles. The Balaban J connectivity index is 4.86. The maximum absolute atomic E-state index is 12.5. The van der Waals surface area contributed by atoms with Gasteiger partial charge >= 0.3 is 15.6 Å². The van der Waals surface area contributed by atoms with Crippen molar-refractivity contribution >= 4 is 26.2 Å². The molecule has 0 unspecified atom stereocenters. The van der Waals surface area contributed by atoms with Crippen molar-refractivity contribution in [2.75, 3.05) is 17.3 Å². The molecule has 0 aromatic rings. The van der Waals surface area contributed by atoms with E-state index < -0.39 is 25.9 Å². The normalized spacial score (nSPS) is 14.1. The van der Waals surface area contributed by atoms with E-state index in [-0.39, 0.29) is 29.5 Å². The van der Waals surface area contributed by atoms with Crippen LogP contribution in [-0.4, -0.2) is 37.0 Å². The first-order valence-corrected chi connectivity index (χ1v) is 10.8. The summed E-state index contributed by atoms with van der Waals surface area (Å²) in [6.45, 7) is 5.13. The van der Waals surface area contributed by atoms with E-state index in [0.717, 1.165) is 19.3 Å². The Labute approximate surface area is 132 Å². The van der Waals surface area contributed by atoms with Crippen LogP contribution in [0.15, 0.2) is 0 Å². The van der Waals surface area contributed by atoms with Crippen LogP contribution in [0.3, 0.4) is 0 Å². The first kappa shape index (κ1) is 21.7. The second-order valence-electron chi connectivity index (χ2n) is 5.00. The van der Waals surface area contributed by atoms with Crippen LogP contribution >= 0.6 is 10.3 Å². The molecular weight excluding hydrogens is 341 g/mol. The lowest BCUT2D eigenvalue weighted by Crippen LogP contribution is -2.30. The van der Waals surface area contributed by atoms with Gasteiger partial charge in [0, 0.05) is 6.42 Å². The maximum atomic E-state index is 12.5. The topological polar surface area (TPSA) is 60.4 Å². The van der Waals surface area contributed by atoms with E-state index in [0.29, 0.717) is 6.42 Å². The minimum atomic E-state index is -5.67. The molecule has 0 saturated carbocycles. The molecule has 0 radical (unpaired) electrons. The van der Waals surface area contributed by atoms with E-state index in [4.69, 9.17) is 0 Å². The number of ketones is 1. The highest BCUT2D eigenvalue weighted by Gasteiger charge is 2.50. The number of rotatable bonds is 11. The van der Waals surface area contributed by atoms with Crippen LogP contribution in [0.25, 0.3) is 0 Å². The average molecular weight is 366 g/mol. The van der Waals surface area contributed by atoms with E-state index in [1.54, 1.807) is 13.8 Å². The molecule has 4 nitrogen and oxygen atoms in total. The van der Waals surface area contributed by atoms with Crippen molar-refractivity contribution in [1.29, 1.82) is 0 Å². The molecular formula is C13H25F3O4S2. The molecule has 0 aromatic heterocycles. The minimum Gasteiger partial charge on any atom is -0.299 e. The zero-order chi connectivity index (χ0) is 17.4. The number of carbonyl (C=O) groups is 1. The van der Waals surface area contributed by atoms with Crippen molar-refractivity contribution < 1.29 is 30.0 Å². The van der Waals surface area contributed by atoms with Crippen LogP contribution in [0, 0.1) is 0 Å². The van der Waals surface area contributed by atoms with E-state index in [2.05, 4.69) is 3.63 Å². The molecule has 0 spiro atoms. The summed E-state index contributed by atoms with van der Waals surface area (Å²) >= 11 is 0. The monoisotopic (exact) mass is 366 g/mol. The van der Waals surface area contributed by atoms with Gasteiger partial charge < -0.3 is 0 Å². The third kappa shape index (κ3) is 6.87. The van der Waals surface area contributed by atoms with Gasteiger partial charge in [0.15, 0.2) is 0 Å². The van der Waals surface area contributed by atoms with Gasteiger partial charge in [-0.1, -0.05) is 40.0 Å². The number of hydrogen-bond donors (Lipinski definition) is 0. The first-order valence-electron chi connectivity index (χ1n) is 7.34. The van der Waals surface area contributed by atoms with E-state index in [1.165, 1.54) is 0 Å². The van der Waals surface area contributed by atoms with E-state index >= 15 is 0 Å². The molecule has 0 bridgehead atoms. The average Bonchev–Trinajstić information content (AvgIpc) is 2.41. The number of unbranched alkanes of at least 4 members (excludes halogenated alkanes) is 3. The Hall–Kier alpha value is -0.280. The fourth-order valence-corrected chi connectivity index (χ4v) is 6.21. The van der Waals surface area contributed by atoms with Gasteiger partial charge in [-0.05, 0) is 17.9 Å². The van der Waals surface area contributed by atoms with Crippen LogP contribution in [0.4, 0.5) is 13.2 Å². The van der Waals surface area contributed by atoms with Gasteiger partial charge in [-0.15, -0.1) is 10.3 Å². The molecule has 0 N–H and O–H groups in total. The second-order valence-corrected chi connectivity index (χ2v) is 10.3. The van der Waals surface area contributed by atoms with Gasteiger partial charge in [-0.2, -0.15) is 21.6 Å². The van der Waals surface area contributed by atoms with Crippen molar-refractivity contribution in [2.24, 2.45) is 0 Å². The Kier molecular flexibility index (Phi) is 9.01. The van der Waals surface area contributed by atoms with Crippen LogP contribution < -0.4 is 0 Å². The lowest BCUT2D eigenvalue weighted by Gasteiger charge is -2.35. The molecule has 9 heteroatoms. The number of Topliss-reactive ketones (excluding diaryl/α,β-unsaturated/α-hetero) is 1. The van der Waals surface area contributed by atoms with Gasteiger partial charge in [-0.25, -0.2) is 3.63 Å². The largest absolute Gasteiger partial charge is 0.523 e. The van der Waals surface area contributed by atoms with Crippen molar-refractivity contribution in [1.82, 2.24) is 0 Å². The standard InChI is InChI=1S/C13H25F3O4S2/c1-4-7-8-9-10-12(17)11-21(5-2,6-3)20-22(18,19)13(14,15)16/h4-11H2,1-3H3. The summed E-state index contributed by atoms with van der Waals surface area (Å²) in [6, 6.07) is 0. The molecule has 0 aromatic carbocycles. The van der Waals surface area contributed by atoms with Gasteiger partial charge in [-0.3, -0.25) is 4.79 Å². The predicted octanol–water partition coefficient (Wildman–Crippen LogP) is 4.15. The Morgan fingerprint density at radius 3 is 1.95 bits per heavy atom. The minimum absolute atomic E-state index is 0.0967. The maximum Gasteiger partial charge on any atom is 0.523 e. The highest BCUT2D eigenvalue weighted by atomic mass is 32.3. The molecule has 0 aliphatic heterocycles. The van der Waals surface area contributed by atoms with Crippen LogP contribution in [0.2, 0.25) is 0 Å². The number of hydrogen-bond acceptors (Lipinski definition) is 4. The summed E-state index contributed by atoms with van der Waals surface area (Å²) < 4.78 is 64.4. The fraction of sp³-hybridized carbons (Fsp3) is 0.923. The first-order chi connectivity index (χ1) is 10.0. The third-order valence-electron chi connectivity index (χ3n) is 3.30. The summed E-state index contributed by atoms with van der Waals surface area (Å²) in [5.74, 6) is -0.271. The van der Waals surface area contributed by atoms with Crippen molar-refractivity contribution in [2.45, 2.75) is 58.4 Å². The van der Waals surface area contributed by atoms with Gasteiger partial charge in [0.25, 0.3) is 0 Å². The molecule has 0 fully saturated rings. The summed E-state index contributed by atoms with van der Waals surface area (Å²) in [6.07, 6.45) is 3.81. The Morgan fingerprint density at radius 2 is 1.55 bits per heavy atom. The molecule has 134 valence electrons. The predicted molar refractivity (Wildman–Crippen MR) is 83.4 cm³/mol. The molecule has 0 aliphatic rings. The molecule has 22 heavy (non-hydrogen) atoms. The molecule has 0 heterocycles. The van der Waals surface area contributed by atoms with Gasteiger partial charge in [0.1, 0.15) is 5.78 Å². The highest BCUT2D eigenvalue weighted by molar-refractivity contribution is 8.33. The molecule has 0 atom stereocenters. The summed E-state index contributed by atoms with van der Waals surface area (Å²) in [4.78, 5) is 11.9. The molecule has 0 amide bonds. The summed E-state index contributed by atoms with van der Waals surface area (Å²) in [5, 5.41) is 0. The fourth-order valence-electron chi connectivity index (χ4n) is 1.87. The van der Waals surface area contributed by atoms with E-state index in [9.17, 15) is 26.4 Å². The molecule has 0 rings (SSSR count). The number of halogens is 3. The smallest absolute Gasteiger partial charge is 0.299 e. The highest BCUT2D eigenvalue weighted by Crippen LogP contribution is 2.52. The Bertz CT molecular complexity index is 443. The lowest BCUT2D eigenvalue weighted by atomic mass is 10.1. The van der Waals surface area contributed by atoms with Crippen LogP contribution in [0.1, 0.15) is 52.9 Å². The lowest BCUT2D eigenvalue weighted by molar-refractivity contribution is -0.116. The van der Waals surface area contributed by atoms with Crippen molar-refractivity contribution in [3.63, 3.8) is 0 Å². The van der Waals surface area contributed by atoms with Crippen LogP contribution in [-0.2, 0) is 18.5 Å². The number of alkyl halides is 3. The zero-order valence-corrected chi connectivity index (χ0v) is 14.9. The van der Waals surface area contributed by atoms with Crippen molar-refractivity contribution in [3.8, 4) is 0 Å². The summed E-state index contributed by atoms with van der Waals surface area (Å²) in [5.41, 5.74) is -5.46. The third-order valence-corrected chi connectivity index (χ3v) is 8.69. The molecule has 0 aliphatic carbocycles. The quantitative estimate of drug-likeness (QED) is 0.407. The Morgan fingerprint density at radius 1 is 1.00 bits per heavy atom. The number of carbonyl (C=O) groups excluding carboxylic acids is 1. The van der Waals surface area contributed by atoms with Gasteiger partial charge in [0.2, 0.25) is 0 Å². The van der Waals surface area contributed by atoms with Crippen molar-refractivity contribution in [3.05, 3.63) is 0 Å². The second kappa shape index (κ2) is 9.12. The van der Waals surface area contributed by atoms with Gasteiger partial charge in [0.05, 0.1) is 5.75 Å². The SMILES string of the molecule is CCCCCCC(=O)CS(CC)(CC)OS(=O)(=O)C(F)(F)F. The van der Waals surface area contributed by atoms with E-state index in [1.807, 2.05) is 6.92 Å². The van der Waals surface area contributed by atoms with Crippen LogP contribution in [0.5, 0.6) is 0 Å².